The molecule has 1 aliphatic rings. The van der Waals surface area contributed by atoms with Crippen LogP contribution >= 0.6 is 11.6 Å². The standard InChI is InChI=1S/C23H27ClFNO3/c1-15-11-21(28-13-17-7-5-4-6-8-17)22(25)16(2)19(15)12-18-9-10-20(23(24)26-18)29-14-27-3/h4-10,15-16,19H,11-14H2,1-3H3. The lowest BCUT2D eigenvalue weighted by Gasteiger charge is -2.34. The Bertz CT molecular complexity index is 843. The van der Waals surface area contributed by atoms with Gasteiger partial charge in [-0.25, -0.2) is 9.37 Å². The second-order valence-corrected chi connectivity index (χ2v) is 7.88. The van der Waals surface area contributed by atoms with Crippen molar-refractivity contribution < 1.29 is 18.6 Å². The predicted octanol–water partition coefficient (Wildman–Crippen LogP) is 5.95. The molecule has 3 rings (SSSR count). The molecule has 0 spiro atoms. The summed E-state index contributed by atoms with van der Waals surface area (Å²) in [5.74, 6) is 0.933. The summed E-state index contributed by atoms with van der Waals surface area (Å²) in [6.07, 6.45) is 1.22. The van der Waals surface area contributed by atoms with Crippen LogP contribution in [0, 0.1) is 17.8 Å². The van der Waals surface area contributed by atoms with Gasteiger partial charge in [0.25, 0.3) is 0 Å². The molecule has 0 N–H and O–H groups in total. The highest BCUT2D eigenvalue weighted by Gasteiger charge is 2.35. The van der Waals surface area contributed by atoms with Crippen molar-refractivity contribution in [3.05, 3.63) is 70.5 Å². The molecule has 4 nitrogen and oxygen atoms in total. The van der Waals surface area contributed by atoms with Gasteiger partial charge in [0.2, 0.25) is 0 Å². The van der Waals surface area contributed by atoms with E-state index in [1.165, 1.54) is 0 Å². The third-order valence-corrected chi connectivity index (χ3v) is 5.72. The van der Waals surface area contributed by atoms with Crippen molar-refractivity contribution in [3.8, 4) is 5.75 Å². The summed E-state index contributed by atoms with van der Waals surface area (Å²) in [6, 6.07) is 13.5. The first-order valence-electron chi connectivity index (χ1n) is 9.82. The average molecular weight is 420 g/mol. The van der Waals surface area contributed by atoms with Crippen LogP contribution in [0.1, 0.15) is 31.5 Å². The van der Waals surface area contributed by atoms with E-state index in [-0.39, 0.29) is 30.4 Å². The number of halogens is 2. The van der Waals surface area contributed by atoms with Gasteiger partial charge in [0.1, 0.15) is 18.2 Å². The number of allylic oxidation sites excluding steroid dienone is 2. The molecule has 3 atom stereocenters. The van der Waals surface area contributed by atoms with Crippen LogP contribution < -0.4 is 4.74 Å². The van der Waals surface area contributed by atoms with E-state index >= 15 is 4.39 Å². The van der Waals surface area contributed by atoms with E-state index in [2.05, 4.69) is 11.9 Å². The minimum absolute atomic E-state index is 0.110. The minimum atomic E-state index is -0.241. The zero-order valence-corrected chi connectivity index (χ0v) is 17.8. The van der Waals surface area contributed by atoms with Crippen LogP contribution in [-0.4, -0.2) is 18.9 Å². The topological polar surface area (TPSA) is 40.6 Å². The number of nitrogens with zero attached hydrogens (tertiary/aromatic N) is 1. The van der Waals surface area contributed by atoms with E-state index in [1.54, 1.807) is 13.2 Å². The van der Waals surface area contributed by atoms with Crippen LogP contribution in [-0.2, 0) is 22.5 Å². The quantitative estimate of drug-likeness (QED) is 0.391. The first kappa shape index (κ1) is 21.6. The first-order valence-corrected chi connectivity index (χ1v) is 10.2. The molecule has 0 radical (unpaired) electrons. The molecule has 0 amide bonds. The highest BCUT2D eigenvalue weighted by molar-refractivity contribution is 6.30. The molecule has 0 fully saturated rings. The summed E-state index contributed by atoms with van der Waals surface area (Å²) in [6.45, 7) is 4.55. The highest BCUT2D eigenvalue weighted by Crippen LogP contribution is 2.41. The molecule has 1 aromatic carbocycles. The maximum absolute atomic E-state index is 15.0. The average Bonchev–Trinajstić information content (AvgIpc) is 2.73. The van der Waals surface area contributed by atoms with Gasteiger partial charge in [0.15, 0.2) is 17.7 Å². The van der Waals surface area contributed by atoms with E-state index in [1.807, 2.05) is 43.3 Å². The van der Waals surface area contributed by atoms with Crippen LogP contribution in [0.5, 0.6) is 5.75 Å². The predicted molar refractivity (Wildman–Crippen MR) is 111 cm³/mol. The molecule has 3 unspecified atom stereocenters. The van der Waals surface area contributed by atoms with Gasteiger partial charge in [-0.3, -0.25) is 0 Å². The third-order valence-electron chi connectivity index (χ3n) is 5.45. The number of rotatable bonds is 8. The van der Waals surface area contributed by atoms with Crippen molar-refractivity contribution in [3.63, 3.8) is 0 Å². The fourth-order valence-corrected chi connectivity index (χ4v) is 4.00. The van der Waals surface area contributed by atoms with Crippen molar-refractivity contribution in [2.24, 2.45) is 17.8 Å². The normalized spacial score (nSPS) is 21.9. The van der Waals surface area contributed by atoms with Crippen molar-refractivity contribution >= 4 is 11.6 Å². The van der Waals surface area contributed by atoms with Gasteiger partial charge in [-0.1, -0.05) is 55.8 Å². The minimum Gasteiger partial charge on any atom is -0.491 e. The smallest absolute Gasteiger partial charge is 0.188 e. The molecule has 1 heterocycles. The fourth-order valence-electron chi connectivity index (χ4n) is 3.77. The van der Waals surface area contributed by atoms with Gasteiger partial charge in [0, 0.05) is 25.1 Å². The van der Waals surface area contributed by atoms with Crippen LogP contribution in [0.2, 0.25) is 5.15 Å². The first-order chi connectivity index (χ1) is 14.0. The molecule has 0 saturated heterocycles. The molecule has 29 heavy (non-hydrogen) atoms. The third kappa shape index (κ3) is 5.49. The lowest BCUT2D eigenvalue weighted by molar-refractivity contribution is 0.0509. The summed E-state index contributed by atoms with van der Waals surface area (Å²) < 4.78 is 31.1. The maximum Gasteiger partial charge on any atom is 0.188 e. The number of benzene rings is 1. The molecule has 0 bridgehead atoms. The van der Waals surface area contributed by atoms with E-state index < -0.39 is 0 Å². The number of aromatic nitrogens is 1. The van der Waals surface area contributed by atoms with Crippen molar-refractivity contribution in [1.82, 2.24) is 4.98 Å². The molecule has 0 aliphatic heterocycles. The Morgan fingerprint density at radius 2 is 1.86 bits per heavy atom. The second-order valence-electron chi connectivity index (χ2n) is 7.53. The van der Waals surface area contributed by atoms with Gasteiger partial charge >= 0.3 is 0 Å². The molecular weight excluding hydrogens is 393 g/mol. The monoisotopic (exact) mass is 419 g/mol. The lowest BCUT2D eigenvalue weighted by atomic mass is 9.74. The molecule has 2 aromatic rings. The molecular formula is C23H27ClFNO3. The fraction of sp³-hybridized carbons (Fsp3) is 0.435. The number of ether oxygens (including phenoxy) is 3. The van der Waals surface area contributed by atoms with E-state index in [9.17, 15) is 0 Å². The Labute approximate surface area is 176 Å². The maximum atomic E-state index is 15.0. The summed E-state index contributed by atoms with van der Waals surface area (Å²) in [5.41, 5.74) is 1.86. The van der Waals surface area contributed by atoms with E-state index in [4.69, 9.17) is 25.8 Å². The Hall–Kier alpha value is -2.11. The Morgan fingerprint density at radius 3 is 2.55 bits per heavy atom. The largest absolute Gasteiger partial charge is 0.491 e. The molecule has 0 saturated carbocycles. The molecule has 156 valence electrons. The van der Waals surface area contributed by atoms with Crippen molar-refractivity contribution in [1.29, 1.82) is 0 Å². The summed E-state index contributed by atoms with van der Waals surface area (Å²) in [5, 5.41) is 0.290. The number of pyridine rings is 1. The van der Waals surface area contributed by atoms with Crippen molar-refractivity contribution in [2.75, 3.05) is 13.9 Å². The van der Waals surface area contributed by atoms with E-state index in [0.717, 1.165) is 11.3 Å². The van der Waals surface area contributed by atoms with Crippen LogP contribution in [0.3, 0.4) is 0 Å². The Kier molecular flexibility index (Phi) is 7.51. The lowest BCUT2D eigenvalue weighted by Crippen LogP contribution is -2.29. The summed E-state index contributed by atoms with van der Waals surface area (Å²) in [4.78, 5) is 4.42. The zero-order valence-electron chi connectivity index (χ0n) is 17.0. The van der Waals surface area contributed by atoms with Gasteiger partial charge in [0.05, 0.1) is 0 Å². The van der Waals surface area contributed by atoms with Crippen LogP contribution in [0.15, 0.2) is 54.1 Å². The Balaban J connectivity index is 1.67. The summed E-state index contributed by atoms with van der Waals surface area (Å²) in [7, 11) is 1.54. The SMILES string of the molecule is COCOc1ccc(CC2C(C)CC(OCc3ccccc3)=C(F)C2C)nc1Cl. The number of hydrogen-bond acceptors (Lipinski definition) is 4. The zero-order chi connectivity index (χ0) is 20.8. The van der Waals surface area contributed by atoms with Crippen LogP contribution in [0.25, 0.3) is 0 Å². The molecule has 6 heteroatoms. The van der Waals surface area contributed by atoms with Gasteiger partial charge < -0.3 is 14.2 Å². The second kappa shape index (κ2) is 10.1. The van der Waals surface area contributed by atoms with Crippen molar-refractivity contribution in [2.45, 2.75) is 33.3 Å². The van der Waals surface area contributed by atoms with E-state index in [0.29, 0.717) is 36.1 Å². The van der Waals surface area contributed by atoms with Gasteiger partial charge in [-0.2, -0.15) is 0 Å². The molecule has 1 aromatic heterocycles. The van der Waals surface area contributed by atoms with Gasteiger partial charge in [-0.05, 0) is 36.0 Å². The Morgan fingerprint density at radius 1 is 1.10 bits per heavy atom. The van der Waals surface area contributed by atoms with Gasteiger partial charge in [-0.15, -0.1) is 0 Å². The number of hydrogen-bond donors (Lipinski definition) is 0. The summed E-state index contributed by atoms with van der Waals surface area (Å²) >= 11 is 6.21. The number of methoxy groups -OCH3 is 1. The van der Waals surface area contributed by atoms with Crippen LogP contribution in [0.4, 0.5) is 4.39 Å². The molecule has 1 aliphatic carbocycles. The highest BCUT2D eigenvalue weighted by atomic mass is 35.5.